The van der Waals surface area contributed by atoms with Gasteiger partial charge >= 0.3 is 5.97 Å². The molecule has 0 aliphatic heterocycles. The van der Waals surface area contributed by atoms with Gasteiger partial charge in [0.05, 0.1) is 40.6 Å². The zero-order chi connectivity index (χ0) is 42.2. The summed E-state index contributed by atoms with van der Waals surface area (Å²) in [7, 11) is -3.96. The van der Waals surface area contributed by atoms with Crippen molar-refractivity contribution < 1.29 is 32.4 Å². The van der Waals surface area contributed by atoms with Crippen molar-refractivity contribution in [1.82, 2.24) is 25.1 Å². The van der Waals surface area contributed by atoms with Crippen LogP contribution in [0.3, 0.4) is 0 Å². The number of nitrogens with zero attached hydrogens (tertiary/aromatic N) is 4. The number of carboxylic acids is 1. The Kier molecular flexibility index (Phi) is 11.6. The average molecular weight is 851 g/mol. The number of carbonyl (C=O) groups is 2. The minimum Gasteiger partial charge on any atom is -0.476 e. The maximum absolute atomic E-state index is 13.6. The van der Waals surface area contributed by atoms with Crippen molar-refractivity contribution >= 4 is 59.5 Å². The molecule has 0 radical (unpaired) electrons. The lowest BCUT2D eigenvalue weighted by Gasteiger charge is -2.55. The van der Waals surface area contributed by atoms with Gasteiger partial charge in [-0.3, -0.25) is 19.3 Å². The van der Waals surface area contributed by atoms with E-state index in [1.54, 1.807) is 18.3 Å². The summed E-state index contributed by atoms with van der Waals surface area (Å²) in [5, 5.41) is 23.6. The third-order valence-electron chi connectivity index (χ3n) is 12.1. The number of thiazole rings is 1. The van der Waals surface area contributed by atoms with Crippen molar-refractivity contribution in [2.75, 3.05) is 30.8 Å². The fraction of sp³-hybridized carbons (Fsp3) is 0.400. The zero-order valence-electron chi connectivity index (χ0n) is 34.0. The number of aromatic carboxylic acids is 1. The minimum atomic E-state index is -3.96. The third kappa shape index (κ3) is 9.15. The van der Waals surface area contributed by atoms with E-state index in [1.165, 1.54) is 11.3 Å². The molecular formula is C45H50N6O7S2. The number of benzene rings is 3. The Balaban J connectivity index is 1.00. The van der Waals surface area contributed by atoms with Gasteiger partial charge in [-0.25, -0.2) is 14.8 Å². The fourth-order valence-electron chi connectivity index (χ4n) is 10.1. The number of pyridine rings is 1. The number of ether oxygens (including phenoxy) is 1. The molecule has 8 rings (SSSR count). The van der Waals surface area contributed by atoms with Crippen LogP contribution < -0.4 is 10.6 Å². The molecule has 3 heterocycles. The quantitative estimate of drug-likeness (QED) is 0.0574. The molecule has 314 valence electrons. The molecule has 4 atom stereocenters. The van der Waals surface area contributed by atoms with Crippen molar-refractivity contribution in [3.05, 3.63) is 95.9 Å². The largest absolute Gasteiger partial charge is 0.476 e. The van der Waals surface area contributed by atoms with Crippen LogP contribution in [0.4, 0.5) is 5.13 Å². The van der Waals surface area contributed by atoms with Crippen LogP contribution in [0.5, 0.6) is 0 Å². The summed E-state index contributed by atoms with van der Waals surface area (Å²) in [6.45, 7) is 8.94. The molecule has 2 bridgehead atoms. The number of hydrogen-bond donors (Lipinski definition) is 4. The normalized spacial score (nSPS) is 21.7. The molecule has 2 fully saturated rings. The monoisotopic (exact) mass is 850 g/mol. The van der Waals surface area contributed by atoms with Crippen molar-refractivity contribution in [3.8, 4) is 22.4 Å². The number of amides is 1. The first-order valence-corrected chi connectivity index (χ1v) is 22.8. The van der Waals surface area contributed by atoms with Crippen molar-refractivity contribution in [3.63, 3.8) is 0 Å². The number of hydrogen-bond acceptors (Lipinski definition) is 10. The second kappa shape index (κ2) is 16.8. The van der Waals surface area contributed by atoms with E-state index >= 15 is 0 Å². The summed E-state index contributed by atoms with van der Waals surface area (Å²) in [6, 6.07) is 22.6. The summed E-state index contributed by atoms with van der Waals surface area (Å²) in [5.74, 6) is -1.16. The zero-order valence-corrected chi connectivity index (χ0v) is 35.6. The van der Waals surface area contributed by atoms with Crippen LogP contribution in [0.15, 0.2) is 79.0 Å². The van der Waals surface area contributed by atoms with Gasteiger partial charge in [0, 0.05) is 41.0 Å². The predicted octanol–water partition coefficient (Wildman–Crippen LogP) is 8.49. The standard InChI is InChI=1S/C45H50N6O7S2/c1-28-21-44(3)23-32(58-18-17-46-16-7-19-60(55,56)57)24-45(22-28,26-44)27-51-29(2)36(25-47-51)33-14-15-37(48-40(33)42(53)54)31-13-12-30-8-6-9-34(35(30)20-31)41(52)50-43-49-38-10-4-5-11-39(38)59-43/h4-6,8-15,20,25,28,32,46H,7,16-19,21-24,26-27H2,1-3H3,(H,53,54)(H,49,50,52)(H,55,56,57). The molecule has 15 heteroatoms. The Bertz CT molecular complexity index is 2660. The predicted molar refractivity (Wildman–Crippen MR) is 234 cm³/mol. The van der Waals surface area contributed by atoms with Gasteiger partial charge in [-0.2, -0.15) is 13.5 Å². The molecule has 2 saturated carbocycles. The Morgan fingerprint density at radius 1 is 0.983 bits per heavy atom. The van der Waals surface area contributed by atoms with Gasteiger partial charge in [0.2, 0.25) is 0 Å². The first-order chi connectivity index (χ1) is 28.7. The molecule has 0 saturated heterocycles. The molecule has 1 amide bonds. The average Bonchev–Trinajstić information content (AvgIpc) is 3.77. The van der Waals surface area contributed by atoms with Crippen LogP contribution in [-0.4, -0.2) is 81.3 Å². The lowest BCUT2D eigenvalue weighted by atomic mass is 9.52. The van der Waals surface area contributed by atoms with E-state index in [0.717, 1.165) is 53.4 Å². The number of carboxylic acid groups (broad SMARTS) is 1. The molecule has 2 aliphatic rings. The van der Waals surface area contributed by atoms with E-state index in [4.69, 9.17) is 19.4 Å². The van der Waals surface area contributed by atoms with E-state index in [0.29, 0.717) is 77.0 Å². The summed E-state index contributed by atoms with van der Waals surface area (Å²) < 4.78 is 40.4. The number of anilines is 1. The third-order valence-corrected chi connectivity index (χ3v) is 13.9. The van der Waals surface area contributed by atoms with E-state index in [9.17, 15) is 23.1 Å². The number of carbonyl (C=O) groups excluding carboxylic acids is 1. The van der Waals surface area contributed by atoms with Crippen molar-refractivity contribution in [2.24, 2.45) is 16.7 Å². The Labute approximate surface area is 353 Å². The fourth-order valence-corrected chi connectivity index (χ4v) is 11.5. The second-order valence-corrected chi connectivity index (χ2v) is 19.8. The molecule has 4 unspecified atom stereocenters. The Morgan fingerprint density at radius 2 is 1.82 bits per heavy atom. The van der Waals surface area contributed by atoms with Gasteiger partial charge in [-0.1, -0.05) is 61.6 Å². The van der Waals surface area contributed by atoms with Gasteiger partial charge in [-0.15, -0.1) is 0 Å². The number of para-hydroxylation sites is 1. The van der Waals surface area contributed by atoms with E-state index in [2.05, 4.69) is 29.5 Å². The van der Waals surface area contributed by atoms with Gasteiger partial charge in [-0.05, 0) is 116 Å². The molecule has 6 aromatic rings. The molecule has 3 aromatic carbocycles. The summed E-state index contributed by atoms with van der Waals surface area (Å²) in [4.78, 5) is 35.7. The maximum Gasteiger partial charge on any atom is 0.355 e. The van der Waals surface area contributed by atoms with Crippen LogP contribution in [0.25, 0.3) is 43.4 Å². The molecule has 60 heavy (non-hydrogen) atoms. The van der Waals surface area contributed by atoms with Gasteiger partial charge in [0.15, 0.2) is 10.8 Å². The lowest BCUT2D eigenvalue weighted by Crippen LogP contribution is -2.49. The van der Waals surface area contributed by atoms with Crippen LogP contribution in [0.1, 0.15) is 78.9 Å². The Morgan fingerprint density at radius 3 is 2.62 bits per heavy atom. The first kappa shape index (κ1) is 41.7. The van der Waals surface area contributed by atoms with Crippen LogP contribution in [0.2, 0.25) is 0 Å². The van der Waals surface area contributed by atoms with E-state index in [1.807, 2.05) is 72.3 Å². The van der Waals surface area contributed by atoms with Gasteiger partial charge in [0.25, 0.3) is 16.0 Å². The van der Waals surface area contributed by atoms with Crippen molar-refractivity contribution in [2.45, 2.75) is 71.9 Å². The van der Waals surface area contributed by atoms with E-state index in [-0.39, 0.29) is 34.3 Å². The SMILES string of the molecule is Cc1c(-c2ccc(-c3ccc4cccc(C(=O)Nc5nc6ccccc6s5)c4c3)nc2C(=O)O)cnn1CC12CC(C)CC(C)(CC(OCCNCCCS(=O)(=O)O)C1)C2. The molecule has 0 spiro atoms. The molecule has 3 aromatic heterocycles. The van der Waals surface area contributed by atoms with Crippen LogP contribution >= 0.6 is 11.3 Å². The summed E-state index contributed by atoms with van der Waals surface area (Å²) in [5.41, 5.74) is 4.50. The number of nitrogens with one attached hydrogen (secondary N) is 2. The van der Waals surface area contributed by atoms with E-state index < -0.39 is 16.1 Å². The summed E-state index contributed by atoms with van der Waals surface area (Å²) in [6.07, 6.45) is 7.23. The number of rotatable bonds is 15. The van der Waals surface area contributed by atoms with Gasteiger partial charge < -0.3 is 15.2 Å². The maximum atomic E-state index is 13.6. The highest BCUT2D eigenvalue weighted by molar-refractivity contribution is 7.85. The Hall–Kier alpha value is -5.06. The molecular weight excluding hydrogens is 801 g/mol. The summed E-state index contributed by atoms with van der Waals surface area (Å²) >= 11 is 1.41. The van der Waals surface area contributed by atoms with Crippen LogP contribution in [-0.2, 0) is 21.4 Å². The minimum absolute atomic E-state index is 0.0513. The lowest BCUT2D eigenvalue weighted by molar-refractivity contribution is -0.109. The van der Waals surface area contributed by atoms with Crippen molar-refractivity contribution in [1.29, 1.82) is 0 Å². The molecule has 4 N–H and O–H groups in total. The second-order valence-electron chi connectivity index (χ2n) is 17.2. The molecule has 2 aliphatic carbocycles. The highest BCUT2D eigenvalue weighted by Gasteiger charge is 2.51. The topological polar surface area (TPSA) is 186 Å². The smallest absolute Gasteiger partial charge is 0.355 e. The first-order valence-electron chi connectivity index (χ1n) is 20.4. The highest BCUT2D eigenvalue weighted by Crippen LogP contribution is 2.58. The number of fused-ring (bicyclic) bond motifs is 4. The molecule has 13 nitrogen and oxygen atoms in total. The van der Waals surface area contributed by atoms with Crippen LogP contribution in [0, 0.1) is 23.7 Å². The number of aromatic nitrogens is 4. The van der Waals surface area contributed by atoms with Gasteiger partial charge in [0.1, 0.15) is 0 Å². The highest BCUT2D eigenvalue weighted by atomic mass is 32.2.